The van der Waals surface area contributed by atoms with Gasteiger partial charge in [0.25, 0.3) is 0 Å². The molecular formula is C18H26N4O2. The summed E-state index contributed by atoms with van der Waals surface area (Å²) in [4.78, 5) is 28.1. The van der Waals surface area contributed by atoms with Gasteiger partial charge in [0.1, 0.15) is 0 Å². The molecule has 0 unspecified atom stereocenters. The lowest BCUT2D eigenvalue weighted by molar-refractivity contribution is -0.121. The van der Waals surface area contributed by atoms with Crippen molar-refractivity contribution in [2.24, 2.45) is 0 Å². The molecular weight excluding hydrogens is 304 g/mol. The van der Waals surface area contributed by atoms with Gasteiger partial charge < -0.3 is 15.5 Å². The fraction of sp³-hybridized carbons (Fsp3) is 0.556. The largest absolute Gasteiger partial charge is 0.372 e. The molecule has 2 amide bonds. The van der Waals surface area contributed by atoms with Gasteiger partial charge in [-0.1, -0.05) is 0 Å². The van der Waals surface area contributed by atoms with E-state index in [0.717, 1.165) is 24.3 Å². The van der Waals surface area contributed by atoms with Crippen LogP contribution in [0.5, 0.6) is 0 Å². The number of anilines is 2. The monoisotopic (exact) mass is 330 g/mol. The number of carbonyl (C=O) groups is 2. The number of benzene rings is 1. The Hall–Kier alpha value is -2.08. The molecule has 0 bridgehead atoms. The molecule has 6 heteroatoms. The van der Waals surface area contributed by atoms with Gasteiger partial charge in [-0.15, -0.1) is 0 Å². The van der Waals surface area contributed by atoms with Crippen LogP contribution in [0.15, 0.2) is 18.2 Å². The van der Waals surface area contributed by atoms with Crippen LogP contribution in [0.25, 0.3) is 0 Å². The van der Waals surface area contributed by atoms with Gasteiger partial charge in [-0.25, -0.2) is 0 Å². The maximum absolute atomic E-state index is 12.3. The maximum Gasteiger partial charge on any atom is 0.238 e. The lowest BCUT2D eigenvalue weighted by atomic mass is 10.1. The fourth-order valence-corrected chi connectivity index (χ4v) is 3.32. The Morgan fingerprint density at radius 2 is 2.00 bits per heavy atom. The van der Waals surface area contributed by atoms with Gasteiger partial charge in [0.15, 0.2) is 0 Å². The number of amides is 2. The Balaban J connectivity index is 1.56. The number of hydrogen-bond acceptors (Lipinski definition) is 4. The first-order valence-electron chi connectivity index (χ1n) is 8.76. The zero-order valence-corrected chi connectivity index (χ0v) is 14.3. The van der Waals surface area contributed by atoms with Crippen molar-refractivity contribution in [2.45, 2.75) is 26.2 Å². The Bertz CT molecular complexity index is 611. The summed E-state index contributed by atoms with van der Waals surface area (Å²) in [5.41, 5.74) is 3.19. The number of nitrogens with one attached hydrogen (secondary N) is 2. The molecule has 0 saturated carbocycles. The molecule has 2 aliphatic rings. The van der Waals surface area contributed by atoms with Gasteiger partial charge in [-0.05, 0) is 43.5 Å². The highest BCUT2D eigenvalue weighted by Gasteiger charge is 2.17. The zero-order valence-electron chi connectivity index (χ0n) is 14.3. The van der Waals surface area contributed by atoms with Crippen LogP contribution in [0, 0.1) is 6.92 Å². The van der Waals surface area contributed by atoms with E-state index in [0.29, 0.717) is 32.6 Å². The maximum atomic E-state index is 12.3. The average Bonchev–Trinajstić information content (AvgIpc) is 3.01. The van der Waals surface area contributed by atoms with Crippen LogP contribution in [0.1, 0.15) is 24.8 Å². The smallest absolute Gasteiger partial charge is 0.238 e. The molecule has 2 N–H and O–H groups in total. The number of rotatable bonds is 4. The van der Waals surface area contributed by atoms with Crippen molar-refractivity contribution in [2.75, 3.05) is 49.5 Å². The van der Waals surface area contributed by atoms with E-state index in [9.17, 15) is 9.59 Å². The minimum absolute atomic E-state index is 0.0265. The quantitative estimate of drug-likeness (QED) is 0.875. The van der Waals surface area contributed by atoms with E-state index in [-0.39, 0.29) is 11.8 Å². The molecule has 0 atom stereocenters. The summed E-state index contributed by atoms with van der Waals surface area (Å²) in [5, 5.41) is 5.82. The average molecular weight is 330 g/mol. The van der Waals surface area contributed by atoms with Crippen LogP contribution in [0.4, 0.5) is 11.4 Å². The lowest BCUT2D eigenvalue weighted by Crippen LogP contribution is -2.35. The summed E-state index contributed by atoms with van der Waals surface area (Å²) in [6.45, 7) is 6.54. The number of hydrogen-bond donors (Lipinski definition) is 2. The lowest BCUT2D eigenvalue weighted by Gasteiger charge is -2.21. The number of carbonyl (C=O) groups excluding carboxylic acids is 2. The molecule has 6 nitrogen and oxygen atoms in total. The molecule has 0 aliphatic carbocycles. The normalized spacial score (nSPS) is 19.0. The minimum Gasteiger partial charge on any atom is -0.372 e. The van der Waals surface area contributed by atoms with Crippen molar-refractivity contribution in [3.63, 3.8) is 0 Å². The van der Waals surface area contributed by atoms with Crippen LogP contribution in [-0.2, 0) is 9.59 Å². The molecule has 24 heavy (non-hydrogen) atoms. The summed E-state index contributed by atoms with van der Waals surface area (Å²) < 4.78 is 0. The summed E-state index contributed by atoms with van der Waals surface area (Å²) in [6, 6.07) is 6.23. The van der Waals surface area contributed by atoms with Crippen LogP contribution in [0.3, 0.4) is 0 Å². The van der Waals surface area contributed by atoms with E-state index < -0.39 is 0 Å². The second-order valence-electron chi connectivity index (χ2n) is 6.62. The molecule has 1 aromatic carbocycles. The summed E-state index contributed by atoms with van der Waals surface area (Å²) >= 11 is 0. The van der Waals surface area contributed by atoms with Crippen LogP contribution >= 0.6 is 0 Å². The van der Waals surface area contributed by atoms with Crippen molar-refractivity contribution in [3.05, 3.63) is 23.8 Å². The molecule has 0 aromatic heterocycles. The molecule has 2 saturated heterocycles. The third-order valence-corrected chi connectivity index (χ3v) is 4.73. The third-order valence-electron chi connectivity index (χ3n) is 4.73. The molecule has 1 aromatic rings. The van der Waals surface area contributed by atoms with Crippen molar-refractivity contribution < 1.29 is 9.59 Å². The third kappa shape index (κ3) is 4.26. The molecule has 2 heterocycles. The second-order valence-corrected chi connectivity index (χ2v) is 6.62. The Labute approximate surface area is 143 Å². The Morgan fingerprint density at radius 3 is 2.75 bits per heavy atom. The van der Waals surface area contributed by atoms with Gasteiger partial charge in [-0.2, -0.15) is 0 Å². The standard InChI is InChI=1S/C18H26N4O2/c1-14-12-15(22-8-2-3-9-22)4-5-16(14)20-18(24)13-21-10-6-17(23)19-7-11-21/h4-5,12H,2-3,6-11,13H2,1H3,(H,19,23)(H,20,24). The van der Waals surface area contributed by atoms with E-state index >= 15 is 0 Å². The minimum atomic E-state index is -0.0265. The van der Waals surface area contributed by atoms with Crippen LogP contribution in [-0.4, -0.2) is 56.0 Å². The SMILES string of the molecule is Cc1cc(N2CCCC2)ccc1NC(=O)CN1CCNC(=O)CC1. The van der Waals surface area contributed by atoms with Crippen molar-refractivity contribution >= 4 is 23.2 Å². The number of nitrogens with zero attached hydrogens (tertiary/aromatic N) is 2. The zero-order chi connectivity index (χ0) is 16.9. The van der Waals surface area contributed by atoms with Crippen molar-refractivity contribution in [3.8, 4) is 0 Å². The highest BCUT2D eigenvalue weighted by Crippen LogP contribution is 2.25. The van der Waals surface area contributed by atoms with Gasteiger partial charge in [0.05, 0.1) is 6.54 Å². The summed E-state index contributed by atoms with van der Waals surface area (Å²) in [7, 11) is 0. The van der Waals surface area contributed by atoms with Crippen molar-refractivity contribution in [1.29, 1.82) is 0 Å². The molecule has 0 radical (unpaired) electrons. The van der Waals surface area contributed by atoms with Crippen LogP contribution in [0.2, 0.25) is 0 Å². The topological polar surface area (TPSA) is 64.7 Å². The molecule has 2 aliphatic heterocycles. The summed E-state index contributed by atoms with van der Waals surface area (Å²) in [5.74, 6) is 0.0348. The van der Waals surface area contributed by atoms with E-state index in [1.807, 2.05) is 17.9 Å². The van der Waals surface area contributed by atoms with E-state index in [4.69, 9.17) is 0 Å². The van der Waals surface area contributed by atoms with Gasteiger partial charge in [0, 0.05) is 50.5 Å². The second kappa shape index (κ2) is 7.66. The fourth-order valence-electron chi connectivity index (χ4n) is 3.32. The highest BCUT2D eigenvalue weighted by molar-refractivity contribution is 5.93. The molecule has 2 fully saturated rings. The first-order chi connectivity index (χ1) is 11.6. The Morgan fingerprint density at radius 1 is 1.21 bits per heavy atom. The first kappa shape index (κ1) is 16.8. The molecule has 0 spiro atoms. The first-order valence-corrected chi connectivity index (χ1v) is 8.76. The molecule has 3 rings (SSSR count). The van der Waals surface area contributed by atoms with Crippen LogP contribution < -0.4 is 15.5 Å². The van der Waals surface area contributed by atoms with E-state index in [1.165, 1.54) is 18.5 Å². The Kier molecular flexibility index (Phi) is 5.35. The van der Waals surface area contributed by atoms with Gasteiger partial charge >= 0.3 is 0 Å². The van der Waals surface area contributed by atoms with Crippen molar-refractivity contribution in [1.82, 2.24) is 10.2 Å². The van der Waals surface area contributed by atoms with E-state index in [1.54, 1.807) is 0 Å². The van der Waals surface area contributed by atoms with Gasteiger partial charge in [-0.3, -0.25) is 14.5 Å². The number of aryl methyl sites for hydroxylation is 1. The van der Waals surface area contributed by atoms with Gasteiger partial charge in [0.2, 0.25) is 11.8 Å². The van der Waals surface area contributed by atoms with E-state index in [2.05, 4.69) is 27.7 Å². The summed E-state index contributed by atoms with van der Waals surface area (Å²) in [6.07, 6.45) is 2.96. The molecule has 130 valence electrons. The highest BCUT2D eigenvalue weighted by atomic mass is 16.2. The predicted molar refractivity (Wildman–Crippen MR) is 95.3 cm³/mol. The predicted octanol–water partition coefficient (Wildman–Crippen LogP) is 1.36.